The fourth-order valence-electron chi connectivity index (χ4n) is 3.37. The Morgan fingerprint density at radius 2 is 1.69 bits per heavy atom. The smallest absolute Gasteiger partial charge is 0.240 e. The second-order valence-electron chi connectivity index (χ2n) is 6.76. The van der Waals surface area contributed by atoms with Gasteiger partial charge < -0.3 is 5.32 Å². The highest BCUT2D eigenvalue weighted by molar-refractivity contribution is 6.00. The van der Waals surface area contributed by atoms with E-state index in [1.165, 1.54) is 19.3 Å². The zero-order chi connectivity index (χ0) is 18.2. The molecule has 0 aromatic heterocycles. The number of nitrogens with zero attached hydrogens (tertiary/aromatic N) is 1. The number of rotatable bonds is 6. The van der Waals surface area contributed by atoms with Crippen molar-refractivity contribution in [3.63, 3.8) is 0 Å². The largest absolute Gasteiger partial charge is 0.353 e. The zero-order valence-corrected chi connectivity index (χ0v) is 14.9. The van der Waals surface area contributed by atoms with Gasteiger partial charge in [0.2, 0.25) is 11.8 Å². The van der Waals surface area contributed by atoms with Crippen molar-refractivity contribution >= 4 is 28.8 Å². The summed E-state index contributed by atoms with van der Waals surface area (Å²) in [4.78, 5) is 23.8. The van der Waals surface area contributed by atoms with E-state index >= 15 is 0 Å². The van der Waals surface area contributed by atoms with E-state index in [0.29, 0.717) is 0 Å². The first-order valence-corrected chi connectivity index (χ1v) is 9.31. The number of nitrogens with one attached hydrogen (secondary N) is 2. The maximum atomic E-state index is 11.9. The Morgan fingerprint density at radius 3 is 2.54 bits per heavy atom. The SMILES string of the molecule is O=C(CCC(=O)NC1CCCCC1)NN=Cc1cccc2ccccc12. The molecule has 1 aliphatic carbocycles. The lowest BCUT2D eigenvalue weighted by Crippen LogP contribution is -2.36. The van der Waals surface area contributed by atoms with E-state index in [1.807, 2.05) is 42.5 Å². The van der Waals surface area contributed by atoms with Crippen molar-refractivity contribution in [1.82, 2.24) is 10.7 Å². The first-order chi connectivity index (χ1) is 12.7. The minimum absolute atomic E-state index is 0.0508. The van der Waals surface area contributed by atoms with Gasteiger partial charge in [-0.3, -0.25) is 9.59 Å². The minimum Gasteiger partial charge on any atom is -0.353 e. The summed E-state index contributed by atoms with van der Waals surface area (Å²) in [5.41, 5.74) is 3.45. The van der Waals surface area contributed by atoms with Crippen LogP contribution in [0.3, 0.4) is 0 Å². The van der Waals surface area contributed by atoms with Crippen molar-refractivity contribution in [1.29, 1.82) is 0 Å². The molecule has 5 heteroatoms. The fraction of sp³-hybridized carbons (Fsp3) is 0.381. The van der Waals surface area contributed by atoms with Crippen molar-refractivity contribution in [3.8, 4) is 0 Å². The molecule has 0 bridgehead atoms. The monoisotopic (exact) mass is 351 g/mol. The molecular formula is C21H25N3O2. The summed E-state index contributed by atoms with van der Waals surface area (Å²) in [5.74, 6) is -0.301. The third-order valence-electron chi connectivity index (χ3n) is 4.77. The van der Waals surface area contributed by atoms with E-state index in [9.17, 15) is 9.59 Å². The van der Waals surface area contributed by atoms with E-state index in [-0.39, 0.29) is 30.7 Å². The Labute approximate surface area is 153 Å². The van der Waals surface area contributed by atoms with Crippen molar-refractivity contribution in [2.45, 2.75) is 51.0 Å². The third-order valence-corrected chi connectivity index (χ3v) is 4.77. The van der Waals surface area contributed by atoms with Crippen LogP contribution < -0.4 is 10.7 Å². The third kappa shape index (κ3) is 5.15. The van der Waals surface area contributed by atoms with Gasteiger partial charge in [0.15, 0.2) is 0 Å². The lowest BCUT2D eigenvalue weighted by molar-refractivity contribution is -0.126. The number of amides is 2. The first-order valence-electron chi connectivity index (χ1n) is 9.31. The molecule has 0 radical (unpaired) electrons. The predicted octanol–water partition coefficient (Wildman–Crippen LogP) is 3.52. The summed E-state index contributed by atoms with van der Waals surface area (Å²) in [6.45, 7) is 0. The molecule has 2 amide bonds. The molecular weight excluding hydrogens is 326 g/mol. The molecule has 2 aromatic rings. The molecule has 1 saturated carbocycles. The van der Waals surface area contributed by atoms with Crippen LogP contribution in [0.15, 0.2) is 47.6 Å². The van der Waals surface area contributed by atoms with Gasteiger partial charge in [-0.25, -0.2) is 5.43 Å². The van der Waals surface area contributed by atoms with Crippen molar-refractivity contribution in [2.75, 3.05) is 0 Å². The molecule has 1 fully saturated rings. The fourth-order valence-corrected chi connectivity index (χ4v) is 3.37. The normalized spacial score (nSPS) is 15.2. The summed E-state index contributed by atoms with van der Waals surface area (Å²) < 4.78 is 0. The minimum atomic E-state index is -0.250. The van der Waals surface area contributed by atoms with E-state index < -0.39 is 0 Å². The highest BCUT2D eigenvalue weighted by atomic mass is 16.2. The second kappa shape index (κ2) is 9.13. The number of hydrogen-bond acceptors (Lipinski definition) is 3. The predicted molar refractivity (Wildman–Crippen MR) is 104 cm³/mol. The van der Waals surface area contributed by atoms with Gasteiger partial charge in [-0.05, 0) is 23.6 Å². The van der Waals surface area contributed by atoms with E-state index in [1.54, 1.807) is 6.21 Å². The standard InChI is InChI=1S/C21H25N3O2/c25-20(23-18-10-2-1-3-11-18)13-14-21(26)24-22-15-17-9-6-8-16-7-4-5-12-19(16)17/h4-9,12,15,18H,1-3,10-11,13-14H2,(H,23,25)(H,24,26). The van der Waals surface area contributed by atoms with Gasteiger partial charge in [-0.2, -0.15) is 5.10 Å². The average molecular weight is 351 g/mol. The van der Waals surface area contributed by atoms with Gasteiger partial charge in [-0.1, -0.05) is 61.7 Å². The molecule has 0 saturated heterocycles. The quantitative estimate of drug-likeness (QED) is 0.617. The first kappa shape index (κ1) is 18.1. The van der Waals surface area contributed by atoms with E-state index in [4.69, 9.17) is 0 Å². The van der Waals surface area contributed by atoms with Crippen LogP contribution in [0.1, 0.15) is 50.5 Å². The van der Waals surface area contributed by atoms with Crippen LogP contribution in [0, 0.1) is 0 Å². The number of carbonyl (C=O) groups is 2. The highest BCUT2D eigenvalue weighted by Crippen LogP contribution is 2.18. The summed E-state index contributed by atoms with van der Waals surface area (Å²) in [5, 5.41) is 9.26. The van der Waals surface area contributed by atoms with E-state index in [2.05, 4.69) is 15.8 Å². The summed E-state index contributed by atoms with van der Waals surface area (Å²) in [7, 11) is 0. The summed E-state index contributed by atoms with van der Waals surface area (Å²) >= 11 is 0. The summed E-state index contributed by atoms with van der Waals surface area (Å²) in [6.07, 6.45) is 7.69. The number of hydrogen-bond donors (Lipinski definition) is 2. The molecule has 3 rings (SSSR count). The van der Waals surface area contributed by atoms with Crippen molar-refractivity contribution < 1.29 is 9.59 Å². The van der Waals surface area contributed by atoms with Crippen LogP contribution in [-0.4, -0.2) is 24.1 Å². The van der Waals surface area contributed by atoms with Crippen molar-refractivity contribution in [2.24, 2.45) is 5.10 Å². The Hall–Kier alpha value is -2.69. The van der Waals surface area contributed by atoms with Crippen molar-refractivity contribution in [3.05, 3.63) is 48.0 Å². The maximum absolute atomic E-state index is 11.9. The zero-order valence-electron chi connectivity index (χ0n) is 14.9. The Bertz CT molecular complexity index is 789. The Balaban J connectivity index is 1.44. The molecule has 0 atom stereocenters. The molecule has 0 heterocycles. The van der Waals surface area contributed by atoms with Crippen LogP contribution in [0.4, 0.5) is 0 Å². The number of hydrazone groups is 1. The van der Waals surface area contributed by atoms with Crippen LogP contribution in [0.25, 0.3) is 10.8 Å². The van der Waals surface area contributed by atoms with Crippen LogP contribution in [0.5, 0.6) is 0 Å². The van der Waals surface area contributed by atoms with E-state index in [0.717, 1.165) is 29.2 Å². The molecule has 0 aliphatic heterocycles. The van der Waals surface area contributed by atoms with Crippen LogP contribution in [-0.2, 0) is 9.59 Å². The molecule has 1 aliphatic rings. The molecule has 0 unspecified atom stereocenters. The molecule has 5 nitrogen and oxygen atoms in total. The molecule has 0 spiro atoms. The second-order valence-corrected chi connectivity index (χ2v) is 6.76. The van der Waals surface area contributed by atoms with Gasteiger partial charge in [0.25, 0.3) is 0 Å². The number of carbonyl (C=O) groups excluding carboxylic acids is 2. The topological polar surface area (TPSA) is 70.6 Å². The van der Waals surface area contributed by atoms with Crippen LogP contribution >= 0.6 is 0 Å². The average Bonchev–Trinajstić information content (AvgIpc) is 2.67. The molecule has 2 N–H and O–H groups in total. The van der Waals surface area contributed by atoms with Gasteiger partial charge in [0, 0.05) is 24.4 Å². The molecule has 2 aromatic carbocycles. The lowest BCUT2D eigenvalue weighted by Gasteiger charge is -2.22. The Morgan fingerprint density at radius 1 is 0.962 bits per heavy atom. The highest BCUT2D eigenvalue weighted by Gasteiger charge is 2.16. The molecule has 136 valence electrons. The van der Waals surface area contributed by atoms with Gasteiger partial charge in [-0.15, -0.1) is 0 Å². The summed E-state index contributed by atoms with van der Waals surface area (Å²) in [6, 6.07) is 14.3. The van der Waals surface area contributed by atoms with Gasteiger partial charge >= 0.3 is 0 Å². The van der Waals surface area contributed by atoms with Crippen LogP contribution in [0.2, 0.25) is 0 Å². The number of fused-ring (bicyclic) bond motifs is 1. The Kier molecular flexibility index (Phi) is 6.36. The van der Waals surface area contributed by atoms with Gasteiger partial charge in [0.1, 0.15) is 0 Å². The maximum Gasteiger partial charge on any atom is 0.240 e. The lowest BCUT2D eigenvalue weighted by atomic mass is 9.95. The van der Waals surface area contributed by atoms with Gasteiger partial charge in [0.05, 0.1) is 6.21 Å². The number of benzene rings is 2. The molecule has 26 heavy (non-hydrogen) atoms.